The third kappa shape index (κ3) is 7.45. The summed E-state index contributed by atoms with van der Waals surface area (Å²) in [4.78, 5) is 48.8. The molecule has 9 heteroatoms. The van der Waals surface area contributed by atoms with E-state index in [1.54, 1.807) is 6.07 Å². The number of alkyl carbamates (subject to hydrolysis) is 1. The van der Waals surface area contributed by atoms with Gasteiger partial charge in [-0.05, 0) is 62.1 Å². The van der Waals surface area contributed by atoms with Crippen LogP contribution in [-0.2, 0) is 25.5 Å². The van der Waals surface area contributed by atoms with Gasteiger partial charge in [0.2, 0.25) is 5.91 Å². The summed E-state index contributed by atoms with van der Waals surface area (Å²) in [6.45, 7) is 4.41. The number of hydrogen-bond donors (Lipinski definition) is 3. The van der Waals surface area contributed by atoms with Crippen LogP contribution in [0.4, 0.5) is 4.79 Å². The Hall–Kier alpha value is -2.61. The molecule has 0 spiro atoms. The van der Waals surface area contributed by atoms with Crippen LogP contribution < -0.4 is 16.0 Å². The summed E-state index contributed by atoms with van der Waals surface area (Å²) in [5, 5.41) is 8.92. The zero-order valence-electron chi connectivity index (χ0n) is 19.1. The molecule has 180 valence electrons. The lowest BCUT2D eigenvalue weighted by molar-refractivity contribution is -0.133. The van der Waals surface area contributed by atoms with E-state index in [4.69, 9.17) is 16.3 Å². The molecule has 3 N–H and O–H groups in total. The van der Waals surface area contributed by atoms with Crippen LogP contribution in [-0.4, -0.2) is 48.4 Å². The number of carbonyl (C=O) groups excluding carboxylic acids is 4. The second-order valence-electron chi connectivity index (χ2n) is 9.50. The molecule has 0 radical (unpaired) electrons. The van der Waals surface area contributed by atoms with Gasteiger partial charge in [-0.25, -0.2) is 4.79 Å². The highest BCUT2D eigenvalue weighted by Gasteiger charge is 2.45. The molecule has 0 unspecified atom stereocenters. The zero-order chi connectivity index (χ0) is 24.0. The molecule has 8 nitrogen and oxygen atoms in total. The van der Waals surface area contributed by atoms with Crippen molar-refractivity contribution in [3.05, 3.63) is 34.9 Å². The molecule has 1 saturated carbocycles. The Morgan fingerprint density at radius 3 is 2.67 bits per heavy atom. The SMILES string of the molecule is CC(C)C[C@H](OC(=O)NC1(Cc2cccc(Cl)c2)CC1)C(=O)N[C@H](C=O)C[C@@H]1CCNC1=O. The minimum Gasteiger partial charge on any atom is -0.436 e. The van der Waals surface area contributed by atoms with Gasteiger partial charge >= 0.3 is 6.09 Å². The van der Waals surface area contributed by atoms with Gasteiger partial charge < -0.3 is 25.5 Å². The molecular formula is C24H32ClN3O5. The summed E-state index contributed by atoms with van der Waals surface area (Å²) in [5.74, 6) is -0.867. The van der Waals surface area contributed by atoms with Gasteiger partial charge in [-0.15, -0.1) is 0 Å². The first-order chi connectivity index (χ1) is 15.7. The molecule has 3 atom stereocenters. The average molecular weight is 478 g/mol. The molecule has 0 bridgehead atoms. The van der Waals surface area contributed by atoms with Crippen molar-refractivity contribution in [1.29, 1.82) is 0 Å². The molecule has 1 heterocycles. The summed E-state index contributed by atoms with van der Waals surface area (Å²) < 4.78 is 5.51. The molecular weight excluding hydrogens is 446 g/mol. The minimum absolute atomic E-state index is 0.0881. The molecule has 1 aromatic carbocycles. The standard InChI is InChI=1S/C24H32ClN3O5/c1-15(2)10-20(22(31)27-19(14-29)12-17-6-9-26-21(17)30)33-23(32)28-24(7-8-24)13-16-4-3-5-18(25)11-16/h3-5,11,14-15,17,19-20H,6-10,12-13H2,1-2H3,(H,26,30)(H,27,31)(H,28,32)/t17-,19-,20-/m0/s1. The van der Waals surface area contributed by atoms with Crippen LogP contribution in [0.2, 0.25) is 5.02 Å². The van der Waals surface area contributed by atoms with Crippen molar-refractivity contribution in [3.8, 4) is 0 Å². The summed E-state index contributed by atoms with van der Waals surface area (Å²) in [5.41, 5.74) is 0.614. The summed E-state index contributed by atoms with van der Waals surface area (Å²) in [7, 11) is 0. The number of hydrogen-bond acceptors (Lipinski definition) is 5. The van der Waals surface area contributed by atoms with Crippen molar-refractivity contribution in [2.24, 2.45) is 11.8 Å². The molecule has 1 aliphatic carbocycles. The van der Waals surface area contributed by atoms with Crippen LogP contribution in [0.25, 0.3) is 0 Å². The first-order valence-corrected chi connectivity index (χ1v) is 11.8. The number of nitrogens with one attached hydrogen (secondary N) is 3. The third-order valence-corrected chi connectivity index (χ3v) is 6.31. The van der Waals surface area contributed by atoms with E-state index in [1.807, 2.05) is 32.0 Å². The van der Waals surface area contributed by atoms with Crippen LogP contribution in [0.5, 0.6) is 0 Å². The Morgan fingerprint density at radius 1 is 1.33 bits per heavy atom. The first-order valence-electron chi connectivity index (χ1n) is 11.5. The molecule has 3 amide bonds. The zero-order valence-corrected chi connectivity index (χ0v) is 19.8. The third-order valence-electron chi connectivity index (χ3n) is 6.07. The van der Waals surface area contributed by atoms with Crippen molar-refractivity contribution in [2.45, 2.75) is 70.1 Å². The van der Waals surface area contributed by atoms with E-state index >= 15 is 0 Å². The largest absolute Gasteiger partial charge is 0.436 e. The van der Waals surface area contributed by atoms with Crippen LogP contribution in [0.1, 0.15) is 51.5 Å². The average Bonchev–Trinajstić information content (AvgIpc) is 3.36. The quantitative estimate of drug-likeness (QED) is 0.424. The van der Waals surface area contributed by atoms with E-state index in [9.17, 15) is 19.2 Å². The number of ether oxygens (including phenoxy) is 1. The monoisotopic (exact) mass is 477 g/mol. The van der Waals surface area contributed by atoms with E-state index in [1.165, 1.54) is 0 Å². The summed E-state index contributed by atoms with van der Waals surface area (Å²) in [6.07, 6.45) is 2.35. The predicted molar refractivity (Wildman–Crippen MR) is 124 cm³/mol. The fourth-order valence-electron chi connectivity index (χ4n) is 4.15. The predicted octanol–water partition coefficient (Wildman–Crippen LogP) is 2.77. The van der Waals surface area contributed by atoms with Crippen LogP contribution in [0, 0.1) is 11.8 Å². The fraction of sp³-hybridized carbons (Fsp3) is 0.583. The highest BCUT2D eigenvalue weighted by Crippen LogP contribution is 2.39. The number of carbonyl (C=O) groups is 4. The summed E-state index contributed by atoms with van der Waals surface area (Å²) in [6, 6.07) is 6.68. The Labute approximate surface area is 199 Å². The molecule has 33 heavy (non-hydrogen) atoms. The Bertz CT molecular complexity index is 887. The number of aldehydes is 1. The minimum atomic E-state index is -1.04. The van der Waals surface area contributed by atoms with Gasteiger partial charge in [0.25, 0.3) is 5.91 Å². The van der Waals surface area contributed by atoms with Crippen LogP contribution in [0.3, 0.4) is 0 Å². The van der Waals surface area contributed by atoms with Gasteiger partial charge in [0, 0.05) is 23.0 Å². The van der Waals surface area contributed by atoms with Gasteiger partial charge in [0.15, 0.2) is 6.10 Å². The Balaban J connectivity index is 1.57. The van der Waals surface area contributed by atoms with Gasteiger partial charge in [-0.2, -0.15) is 0 Å². The van der Waals surface area contributed by atoms with Gasteiger partial charge in [0.05, 0.1) is 6.04 Å². The molecule has 2 aliphatic rings. The van der Waals surface area contributed by atoms with Crippen molar-refractivity contribution >= 4 is 35.8 Å². The molecule has 3 rings (SSSR count). The molecule has 1 aromatic rings. The highest BCUT2D eigenvalue weighted by molar-refractivity contribution is 6.30. The second kappa shape index (κ2) is 11.0. The molecule has 1 aliphatic heterocycles. The van der Waals surface area contributed by atoms with Gasteiger partial charge in [0.1, 0.15) is 6.29 Å². The van der Waals surface area contributed by atoms with E-state index in [0.717, 1.165) is 18.4 Å². The van der Waals surface area contributed by atoms with Crippen LogP contribution in [0.15, 0.2) is 24.3 Å². The fourth-order valence-corrected chi connectivity index (χ4v) is 4.36. The van der Waals surface area contributed by atoms with Crippen molar-refractivity contribution in [2.75, 3.05) is 6.54 Å². The molecule has 2 fully saturated rings. The first kappa shape index (κ1) is 25.0. The van der Waals surface area contributed by atoms with Crippen LogP contribution >= 0.6 is 11.6 Å². The van der Waals surface area contributed by atoms with Crippen molar-refractivity contribution in [3.63, 3.8) is 0 Å². The Morgan fingerprint density at radius 2 is 2.09 bits per heavy atom. The smallest absolute Gasteiger partial charge is 0.408 e. The van der Waals surface area contributed by atoms with E-state index in [2.05, 4.69) is 16.0 Å². The van der Waals surface area contributed by atoms with Crippen molar-refractivity contribution < 1.29 is 23.9 Å². The number of amides is 3. The normalized spacial score (nSPS) is 20.5. The molecule has 1 saturated heterocycles. The lowest BCUT2D eigenvalue weighted by Crippen LogP contribution is -2.48. The van der Waals surface area contributed by atoms with Gasteiger partial charge in [-0.1, -0.05) is 37.6 Å². The van der Waals surface area contributed by atoms with E-state index < -0.39 is 29.7 Å². The topological polar surface area (TPSA) is 114 Å². The maximum atomic E-state index is 12.9. The molecule has 0 aromatic heterocycles. The van der Waals surface area contributed by atoms with E-state index in [-0.39, 0.29) is 24.2 Å². The number of rotatable bonds is 11. The van der Waals surface area contributed by atoms with Crippen molar-refractivity contribution in [1.82, 2.24) is 16.0 Å². The lowest BCUT2D eigenvalue weighted by atomic mass is 9.98. The maximum Gasteiger partial charge on any atom is 0.408 e. The summed E-state index contributed by atoms with van der Waals surface area (Å²) >= 11 is 6.06. The maximum absolute atomic E-state index is 12.9. The number of halogens is 1. The lowest BCUT2D eigenvalue weighted by Gasteiger charge is -2.24. The number of benzene rings is 1. The van der Waals surface area contributed by atoms with E-state index in [0.29, 0.717) is 37.1 Å². The Kier molecular flexibility index (Phi) is 8.35. The second-order valence-corrected chi connectivity index (χ2v) is 9.94. The highest BCUT2D eigenvalue weighted by atomic mass is 35.5. The van der Waals surface area contributed by atoms with Gasteiger partial charge in [-0.3, -0.25) is 9.59 Å².